The SMILES string of the molecule is Cc1ccc2c(cnn2C)c1CCNc1cc(-c2ccc3ncccc3c2)ncn1. The zero-order valence-corrected chi connectivity index (χ0v) is 17.0. The molecule has 148 valence electrons. The lowest BCUT2D eigenvalue weighted by Crippen LogP contribution is -2.08. The molecule has 0 spiro atoms. The minimum absolute atomic E-state index is 0.785. The third-order valence-corrected chi connectivity index (χ3v) is 5.52. The number of nitrogens with one attached hydrogen (secondary N) is 1. The molecule has 2 aromatic carbocycles. The Balaban J connectivity index is 1.35. The molecule has 5 rings (SSSR count). The van der Waals surface area contributed by atoms with Crippen LogP contribution in [-0.4, -0.2) is 31.3 Å². The van der Waals surface area contributed by atoms with Gasteiger partial charge in [-0.2, -0.15) is 5.10 Å². The molecule has 0 aliphatic heterocycles. The van der Waals surface area contributed by atoms with Crippen molar-refractivity contribution in [3.63, 3.8) is 0 Å². The Labute approximate surface area is 174 Å². The summed E-state index contributed by atoms with van der Waals surface area (Å²) in [5.41, 5.74) is 6.69. The first-order chi connectivity index (χ1) is 14.7. The predicted molar refractivity (Wildman–Crippen MR) is 120 cm³/mol. The standard InChI is InChI=1S/C24H22N6/c1-16-5-8-23-20(14-29-30(23)2)19(16)9-11-26-24-13-22(27-15-28-24)18-6-7-21-17(12-18)4-3-10-25-21/h3-8,10,12-15H,9,11H2,1-2H3,(H,26,27,28). The summed E-state index contributed by atoms with van der Waals surface area (Å²) in [6.07, 6.45) is 6.27. The fraction of sp³-hybridized carbons (Fsp3) is 0.167. The molecule has 3 heterocycles. The van der Waals surface area contributed by atoms with Gasteiger partial charge in [-0.05, 0) is 48.7 Å². The lowest BCUT2D eigenvalue weighted by Gasteiger charge is -2.10. The minimum atomic E-state index is 0.785. The summed E-state index contributed by atoms with van der Waals surface area (Å²) in [6.45, 7) is 2.94. The Morgan fingerprint density at radius 1 is 1.00 bits per heavy atom. The second-order valence-electron chi connectivity index (χ2n) is 7.44. The number of hydrogen-bond donors (Lipinski definition) is 1. The van der Waals surface area contributed by atoms with Crippen molar-refractivity contribution >= 4 is 27.6 Å². The third-order valence-electron chi connectivity index (χ3n) is 5.52. The number of benzene rings is 2. The molecule has 6 nitrogen and oxygen atoms in total. The van der Waals surface area contributed by atoms with Crippen LogP contribution < -0.4 is 5.32 Å². The molecule has 30 heavy (non-hydrogen) atoms. The van der Waals surface area contributed by atoms with Crippen LogP contribution in [0.2, 0.25) is 0 Å². The number of nitrogens with zero attached hydrogens (tertiary/aromatic N) is 5. The van der Waals surface area contributed by atoms with E-state index < -0.39 is 0 Å². The Kier molecular flexibility index (Phi) is 4.59. The maximum absolute atomic E-state index is 4.46. The Morgan fingerprint density at radius 3 is 2.87 bits per heavy atom. The molecule has 6 heteroatoms. The van der Waals surface area contributed by atoms with E-state index in [0.717, 1.165) is 46.5 Å². The van der Waals surface area contributed by atoms with E-state index in [0.29, 0.717) is 0 Å². The number of pyridine rings is 1. The van der Waals surface area contributed by atoms with Gasteiger partial charge in [0, 0.05) is 42.2 Å². The van der Waals surface area contributed by atoms with Gasteiger partial charge in [0.05, 0.1) is 22.9 Å². The van der Waals surface area contributed by atoms with Crippen LogP contribution in [0.4, 0.5) is 5.82 Å². The zero-order chi connectivity index (χ0) is 20.5. The number of anilines is 1. The van der Waals surface area contributed by atoms with Gasteiger partial charge in [0.2, 0.25) is 0 Å². The molecular formula is C24H22N6. The number of hydrogen-bond acceptors (Lipinski definition) is 5. The zero-order valence-electron chi connectivity index (χ0n) is 17.0. The predicted octanol–water partition coefficient (Wildman–Crippen LogP) is 4.54. The van der Waals surface area contributed by atoms with Crippen LogP contribution in [-0.2, 0) is 13.5 Å². The molecule has 0 saturated heterocycles. The fourth-order valence-corrected chi connectivity index (χ4v) is 3.89. The van der Waals surface area contributed by atoms with E-state index in [1.165, 1.54) is 16.5 Å². The lowest BCUT2D eigenvalue weighted by molar-refractivity contribution is 0.797. The van der Waals surface area contributed by atoms with Crippen molar-refractivity contribution in [2.45, 2.75) is 13.3 Å². The average Bonchev–Trinajstić information content (AvgIpc) is 3.16. The van der Waals surface area contributed by atoms with Gasteiger partial charge in [-0.15, -0.1) is 0 Å². The van der Waals surface area contributed by atoms with Crippen LogP contribution in [0.1, 0.15) is 11.1 Å². The molecule has 0 unspecified atom stereocenters. The molecule has 0 amide bonds. The second kappa shape index (κ2) is 7.55. The van der Waals surface area contributed by atoms with Crippen LogP contribution in [0, 0.1) is 6.92 Å². The highest BCUT2D eigenvalue weighted by atomic mass is 15.2. The summed E-state index contributed by atoms with van der Waals surface area (Å²) >= 11 is 0. The van der Waals surface area contributed by atoms with E-state index in [4.69, 9.17) is 0 Å². The number of fused-ring (bicyclic) bond motifs is 2. The first-order valence-electron chi connectivity index (χ1n) is 10.0. The van der Waals surface area contributed by atoms with Crippen molar-refractivity contribution in [2.75, 3.05) is 11.9 Å². The smallest absolute Gasteiger partial charge is 0.129 e. The maximum atomic E-state index is 4.46. The highest BCUT2D eigenvalue weighted by Crippen LogP contribution is 2.24. The van der Waals surface area contributed by atoms with Crippen LogP contribution in [0.3, 0.4) is 0 Å². The summed E-state index contributed by atoms with van der Waals surface area (Å²) in [7, 11) is 1.98. The van der Waals surface area contributed by atoms with E-state index >= 15 is 0 Å². The van der Waals surface area contributed by atoms with Gasteiger partial charge in [0.15, 0.2) is 0 Å². The molecule has 5 aromatic rings. The highest BCUT2D eigenvalue weighted by Gasteiger charge is 2.09. The molecule has 0 atom stereocenters. The largest absolute Gasteiger partial charge is 0.370 e. The molecule has 1 N–H and O–H groups in total. The van der Waals surface area contributed by atoms with Gasteiger partial charge in [0.1, 0.15) is 12.1 Å². The van der Waals surface area contributed by atoms with Crippen LogP contribution in [0.25, 0.3) is 33.1 Å². The molecule has 3 aromatic heterocycles. The summed E-state index contributed by atoms with van der Waals surface area (Å²) in [6, 6.07) is 16.5. The monoisotopic (exact) mass is 394 g/mol. The van der Waals surface area contributed by atoms with Crippen molar-refractivity contribution in [1.82, 2.24) is 24.7 Å². The van der Waals surface area contributed by atoms with E-state index in [1.54, 1.807) is 6.33 Å². The van der Waals surface area contributed by atoms with Crippen molar-refractivity contribution < 1.29 is 0 Å². The topological polar surface area (TPSA) is 68.5 Å². The molecule has 0 bridgehead atoms. The summed E-state index contributed by atoms with van der Waals surface area (Å²) < 4.78 is 1.92. The van der Waals surface area contributed by atoms with Crippen molar-refractivity contribution in [2.24, 2.45) is 7.05 Å². The van der Waals surface area contributed by atoms with Gasteiger partial charge in [0.25, 0.3) is 0 Å². The quantitative estimate of drug-likeness (QED) is 0.474. The molecule has 0 saturated carbocycles. The van der Waals surface area contributed by atoms with Gasteiger partial charge >= 0.3 is 0 Å². The summed E-state index contributed by atoms with van der Waals surface area (Å²) in [4.78, 5) is 13.2. The second-order valence-corrected chi connectivity index (χ2v) is 7.44. The van der Waals surface area contributed by atoms with Crippen molar-refractivity contribution in [1.29, 1.82) is 0 Å². The van der Waals surface area contributed by atoms with Crippen molar-refractivity contribution in [3.05, 3.63) is 78.4 Å². The summed E-state index contributed by atoms with van der Waals surface area (Å²) in [5, 5.41) is 10.2. The van der Waals surface area contributed by atoms with Gasteiger partial charge in [-0.25, -0.2) is 9.97 Å². The molecular weight excluding hydrogens is 372 g/mol. The Bertz CT molecular complexity index is 1350. The first-order valence-corrected chi connectivity index (χ1v) is 10.0. The number of aryl methyl sites for hydroxylation is 2. The third kappa shape index (κ3) is 3.37. The van der Waals surface area contributed by atoms with Crippen molar-refractivity contribution in [3.8, 4) is 11.3 Å². The fourth-order valence-electron chi connectivity index (χ4n) is 3.89. The van der Waals surface area contributed by atoms with Gasteiger partial charge in [-0.3, -0.25) is 9.67 Å². The van der Waals surface area contributed by atoms with Gasteiger partial charge in [-0.1, -0.05) is 18.2 Å². The number of rotatable bonds is 5. The molecule has 0 aliphatic carbocycles. The highest BCUT2D eigenvalue weighted by molar-refractivity contribution is 5.84. The summed E-state index contributed by atoms with van der Waals surface area (Å²) in [5.74, 6) is 0.822. The molecule has 0 fully saturated rings. The van der Waals surface area contributed by atoms with Gasteiger partial charge < -0.3 is 5.32 Å². The first kappa shape index (κ1) is 18.2. The van der Waals surface area contributed by atoms with Crippen LogP contribution in [0.5, 0.6) is 0 Å². The van der Waals surface area contributed by atoms with E-state index in [9.17, 15) is 0 Å². The normalized spacial score (nSPS) is 11.3. The van der Waals surface area contributed by atoms with E-state index in [1.807, 2.05) is 48.4 Å². The lowest BCUT2D eigenvalue weighted by atomic mass is 10.0. The van der Waals surface area contributed by atoms with Crippen LogP contribution in [0.15, 0.2) is 67.3 Å². The minimum Gasteiger partial charge on any atom is -0.370 e. The van der Waals surface area contributed by atoms with Crippen LogP contribution >= 0.6 is 0 Å². The molecule has 0 aliphatic rings. The Hall–Kier alpha value is -3.80. The average molecular weight is 394 g/mol. The number of aromatic nitrogens is 5. The Morgan fingerprint density at radius 2 is 1.93 bits per heavy atom. The van der Waals surface area contributed by atoms with E-state index in [2.05, 4.69) is 56.6 Å². The maximum Gasteiger partial charge on any atom is 0.129 e. The molecule has 0 radical (unpaired) electrons. The van der Waals surface area contributed by atoms with E-state index in [-0.39, 0.29) is 0 Å².